The normalized spacial score (nSPS) is 20.0. The van der Waals surface area contributed by atoms with E-state index in [1.807, 2.05) is 30.3 Å². The second-order valence-electron chi connectivity index (χ2n) is 16.0. The average Bonchev–Trinajstić information content (AvgIpc) is 3.22. The van der Waals surface area contributed by atoms with Gasteiger partial charge in [0.2, 0.25) is 5.91 Å². The van der Waals surface area contributed by atoms with Crippen molar-refractivity contribution >= 4 is 11.9 Å². The van der Waals surface area contributed by atoms with Crippen LogP contribution >= 0.6 is 0 Å². The molecule has 0 radical (unpaired) electrons. The van der Waals surface area contributed by atoms with Gasteiger partial charge >= 0.3 is 74.9 Å². The van der Waals surface area contributed by atoms with Gasteiger partial charge in [0.15, 0.2) is 6.29 Å². The Morgan fingerprint density at radius 1 is 0.783 bits per heavy atom. The zero-order chi connectivity index (χ0) is 43.5. The van der Waals surface area contributed by atoms with Crippen molar-refractivity contribution in [3.05, 3.63) is 55.2 Å². The number of nitrogens with one attached hydrogen (secondary N) is 1. The van der Waals surface area contributed by atoms with Crippen LogP contribution in [0.15, 0.2) is 42.7 Å². The fraction of sp³-hybridized carbons (Fsp3) is 0.729. The number of carboxylic acid groups (broad SMARTS) is 1. The number of aryl methyl sites for hydroxylation is 1. The number of rotatable bonds is 33. The molecular weight excluding hydrogens is 886 g/mol. The number of halogens is 1. The average molecular weight is 966 g/mol. The fourth-order valence-corrected chi connectivity index (χ4v) is 7.25. The summed E-state index contributed by atoms with van der Waals surface area (Å²) in [6.07, 6.45) is 31.0. The van der Waals surface area contributed by atoms with Crippen molar-refractivity contribution in [1.29, 1.82) is 0 Å². The topological polar surface area (TPSA) is 155 Å². The van der Waals surface area contributed by atoms with Crippen LogP contribution in [0.25, 0.3) is 0 Å². The van der Waals surface area contributed by atoms with Crippen molar-refractivity contribution in [2.24, 2.45) is 0 Å². The number of carbonyl (C=O) groups excluding carboxylic acids is 1. The van der Waals surface area contributed by atoms with Crippen LogP contribution in [0.4, 0.5) is 4.39 Å². The Balaban J connectivity index is 0.00000212. The van der Waals surface area contributed by atoms with Gasteiger partial charge in [-0.05, 0) is 31.2 Å². The molecule has 2 aliphatic rings. The summed E-state index contributed by atoms with van der Waals surface area (Å²) in [5, 5.41) is 42.0. The summed E-state index contributed by atoms with van der Waals surface area (Å²) < 4.78 is 29.1. The quantitative estimate of drug-likeness (QED) is 0.0309. The largest absolute Gasteiger partial charge is 1.00 e. The van der Waals surface area contributed by atoms with Crippen molar-refractivity contribution in [3.63, 3.8) is 0 Å². The maximum Gasteiger partial charge on any atom is 1.00 e. The zero-order valence-corrected chi connectivity index (χ0v) is 43.3. The van der Waals surface area contributed by atoms with Gasteiger partial charge in [0, 0.05) is 18.9 Å². The molecule has 0 saturated carbocycles. The number of amides is 1. The number of allylic oxidation sites excluding steroid dienone is 1. The van der Waals surface area contributed by atoms with E-state index in [1.54, 1.807) is 0 Å². The molecule has 0 bridgehead atoms. The Bertz CT molecular complexity index is 1220. The molecule has 338 valence electrons. The van der Waals surface area contributed by atoms with Crippen molar-refractivity contribution < 1.29 is 118 Å². The number of benzene rings is 1. The molecule has 1 aromatic rings. The number of carboxylic acids is 1. The van der Waals surface area contributed by atoms with Gasteiger partial charge in [-0.2, -0.15) is 6.42 Å². The first-order valence-corrected chi connectivity index (χ1v) is 22.6. The monoisotopic (exact) mass is 965 g/mol. The Kier molecular flexibility index (Phi) is 39.2. The van der Waals surface area contributed by atoms with E-state index in [2.05, 4.69) is 31.7 Å². The van der Waals surface area contributed by atoms with Gasteiger partial charge < -0.3 is 46.9 Å². The third-order valence-corrected chi connectivity index (χ3v) is 11.0. The Labute approximate surface area is 421 Å². The number of hydrogen-bond donors (Lipinski definition) is 5. The summed E-state index contributed by atoms with van der Waals surface area (Å²) in [4.78, 5) is 22.7. The van der Waals surface area contributed by atoms with E-state index >= 15 is 0 Å². The van der Waals surface area contributed by atoms with Gasteiger partial charge in [-0.25, -0.2) is 4.39 Å². The third-order valence-electron chi connectivity index (χ3n) is 11.0. The first-order chi connectivity index (χ1) is 28.6. The van der Waals surface area contributed by atoms with Crippen molar-refractivity contribution in [1.82, 2.24) is 5.32 Å². The Hall–Kier alpha value is -0.798. The summed E-state index contributed by atoms with van der Waals surface area (Å²) >= 11 is 0. The van der Waals surface area contributed by atoms with Gasteiger partial charge in [-0.15, -0.1) is 12.8 Å². The number of fused-ring (bicyclic) bond motifs is 1. The maximum absolute atomic E-state index is 12.6. The number of terminal acetylenes is 1. The fourth-order valence-electron chi connectivity index (χ4n) is 7.25. The van der Waals surface area contributed by atoms with E-state index < -0.39 is 42.7 Å². The van der Waals surface area contributed by atoms with Crippen LogP contribution in [0, 0.1) is 19.8 Å². The van der Waals surface area contributed by atoms with Crippen LogP contribution in [0.3, 0.4) is 0 Å². The SMILES string of the molecule is C#C.C=C(F)CCCCCCCCCCCCCCCCCCCCCCCC(=O)N[C@@H](COC1OC2COC2C(O)C1O)C(O)C[CH2-].O=C(O)CCc1ccccc1.[Cs+]. The minimum absolute atomic E-state index is 0. The molecule has 1 amide bonds. The molecule has 2 saturated heterocycles. The molecular formula is C48H79CsFNO9. The number of unbranched alkanes of at least 4 members (excludes halogenated alkanes) is 20. The van der Waals surface area contributed by atoms with Crippen LogP contribution in [0.5, 0.6) is 0 Å². The number of hydrogen-bond acceptors (Lipinski definition) is 8. The summed E-state index contributed by atoms with van der Waals surface area (Å²) in [6.45, 7) is 7.32. The van der Waals surface area contributed by atoms with Crippen LogP contribution in [0.1, 0.15) is 166 Å². The van der Waals surface area contributed by atoms with E-state index in [-0.39, 0.29) is 106 Å². The molecule has 2 aliphatic heterocycles. The predicted molar refractivity (Wildman–Crippen MR) is 233 cm³/mol. The van der Waals surface area contributed by atoms with Crippen LogP contribution in [0.2, 0.25) is 0 Å². The number of ether oxygens (including phenoxy) is 3. The van der Waals surface area contributed by atoms with E-state index in [9.17, 15) is 29.3 Å². The maximum atomic E-state index is 12.6. The molecule has 1 aromatic carbocycles. The first kappa shape index (κ1) is 59.2. The van der Waals surface area contributed by atoms with Gasteiger partial charge in [-0.3, -0.25) is 9.59 Å². The van der Waals surface area contributed by atoms with Gasteiger partial charge in [0.05, 0.1) is 25.1 Å². The minimum atomic E-state index is -1.26. The standard InChI is InChI=1S/C37H67FNO7.C9H10O2.C2H2.Cs/c1-3-31(40)30(27-45-37-35(43)34(42)36-32(46-37)28-44-36)39-33(41)26-24-22-20-18-16-14-12-10-8-6-4-5-7-9-11-13-15-17-19-21-23-25-29(2)38;10-9(11)7-6-8-4-2-1-3-5-8;1-2;/h30-32,34-37,40,42-43H,1-28H2,(H,39,41);1-5H,6-7H2,(H,10,11);1-2H;/q-1;;;+1/t30-,31?,32?,34?,35?,36?,37?;;;/m0.../s1. The number of aliphatic hydroxyl groups is 3. The van der Waals surface area contributed by atoms with E-state index in [0.29, 0.717) is 25.9 Å². The summed E-state index contributed by atoms with van der Waals surface area (Å²) in [7, 11) is 0. The molecule has 7 atom stereocenters. The van der Waals surface area contributed by atoms with Crippen molar-refractivity contribution in [2.45, 2.75) is 210 Å². The summed E-state index contributed by atoms with van der Waals surface area (Å²) in [5.41, 5.74) is 1.08. The van der Waals surface area contributed by atoms with E-state index in [1.165, 1.54) is 103 Å². The first-order valence-electron chi connectivity index (χ1n) is 22.6. The van der Waals surface area contributed by atoms with Crippen LogP contribution < -0.4 is 74.2 Å². The molecule has 0 spiro atoms. The summed E-state index contributed by atoms with van der Waals surface area (Å²) in [5.74, 6) is -1.06. The molecule has 5 N–H and O–H groups in total. The molecule has 0 aliphatic carbocycles. The molecule has 0 aromatic heterocycles. The number of aliphatic hydroxyl groups excluding tert-OH is 3. The van der Waals surface area contributed by atoms with Gasteiger partial charge in [-0.1, -0.05) is 159 Å². The minimum Gasteiger partial charge on any atom is -0.481 e. The molecule has 6 unspecified atom stereocenters. The van der Waals surface area contributed by atoms with Crippen molar-refractivity contribution in [2.75, 3.05) is 13.2 Å². The number of carbonyl (C=O) groups is 2. The van der Waals surface area contributed by atoms with Gasteiger partial charge in [0.25, 0.3) is 0 Å². The zero-order valence-electron chi connectivity index (χ0n) is 37.0. The van der Waals surface area contributed by atoms with Crippen LogP contribution in [-0.4, -0.2) is 88.4 Å². The Morgan fingerprint density at radius 2 is 1.23 bits per heavy atom. The molecule has 2 heterocycles. The molecule has 10 nitrogen and oxygen atoms in total. The van der Waals surface area contributed by atoms with Gasteiger partial charge in [0.1, 0.15) is 24.4 Å². The van der Waals surface area contributed by atoms with Crippen LogP contribution in [-0.2, 0) is 30.2 Å². The smallest absolute Gasteiger partial charge is 0.481 e. The third kappa shape index (κ3) is 29.5. The second-order valence-corrected chi connectivity index (χ2v) is 16.0. The molecule has 3 rings (SSSR count). The van der Waals surface area contributed by atoms with E-state index in [0.717, 1.165) is 37.7 Å². The molecule has 12 heteroatoms. The molecule has 60 heavy (non-hydrogen) atoms. The number of aliphatic carboxylic acids is 1. The second kappa shape index (κ2) is 39.8. The Morgan fingerprint density at radius 3 is 1.63 bits per heavy atom. The van der Waals surface area contributed by atoms with E-state index in [4.69, 9.17) is 19.3 Å². The summed E-state index contributed by atoms with van der Waals surface area (Å²) in [6, 6.07) is 8.94. The predicted octanol–water partition coefficient (Wildman–Crippen LogP) is 6.33. The molecule has 2 fully saturated rings. The van der Waals surface area contributed by atoms with Crippen molar-refractivity contribution in [3.8, 4) is 12.8 Å².